The smallest absolute Gasteiger partial charge is 0.0541 e. The van der Waals surface area contributed by atoms with E-state index in [1.807, 2.05) is 0 Å². The molecule has 0 aliphatic heterocycles. The van der Waals surface area contributed by atoms with Gasteiger partial charge in [-0.05, 0) is 294 Å². The van der Waals surface area contributed by atoms with Crippen LogP contribution in [0.15, 0.2) is 473 Å². The molecule has 0 radical (unpaired) electrons. The molecule has 0 aliphatic carbocycles. The second-order valence-electron chi connectivity index (χ2n) is 33.7. The lowest BCUT2D eigenvalue weighted by atomic mass is 9.91. The largest absolute Gasteiger partial charge is 0.309 e. The van der Waals surface area contributed by atoms with Gasteiger partial charge in [-0.25, -0.2) is 0 Å². The van der Waals surface area contributed by atoms with Gasteiger partial charge in [-0.3, -0.25) is 0 Å². The number of fused-ring (bicyclic) bond motifs is 24. The molecule has 126 heavy (non-hydrogen) atoms. The Morgan fingerprint density at radius 2 is 0.286 bits per heavy atom. The van der Waals surface area contributed by atoms with Crippen molar-refractivity contribution in [1.82, 2.24) is 9.13 Å². The van der Waals surface area contributed by atoms with Crippen LogP contribution in [0.5, 0.6) is 0 Å². The van der Waals surface area contributed by atoms with Crippen LogP contribution in [-0.4, -0.2) is 9.13 Å². The van der Waals surface area contributed by atoms with E-state index in [4.69, 9.17) is 0 Å². The van der Waals surface area contributed by atoms with Crippen molar-refractivity contribution in [2.24, 2.45) is 0 Å². The number of nitrogens with zero attached hydrogens (tertiary/aromatic N) is 2. The van der Waals surface area contributed by atoms with Crippen molar-refractivity contribution >= 4 is 151 Å². The number of rotatable bonds is 10. The monoisotopic (exact) mass is 1590 g/mol. The maximum Gasteiger partial charge on any atom is 0.0541 e. The molecule has 584 valence electrons. The van der Waals surface area contributed by atoms with E-state index in [1.165, 1.54) is 240 Å². The fourth-order valence-electron chi connectivity index (χ4n) is 20.6. The molecule has 0 saturated heterocycles. The molecule has 26 rings (SSSR count). The molecule has 0 saturated carbocycles. The molecular weight excluding hydrogens is 1520 g/mol. The normalized spacial score (nSPS) is 11.8. The highest BCUT2D eigenvalue weighted by atomic mass is 15.0. The average Bonchev–Trinajstić information content (AvgIpc) is 1.13. The van der Waals surface area contributed by atoms with E-state index in [0.717, 1.165) is 11.4 Å². The highest BCUT2D eigenvalue weighted by Crippen LogP contribution is 2.46. The van der Waals surface area contributed by atoms with Crippen LogP contribution < -0.4 is 0 Å². The minimum atomic E-state index is 1.16. The van der Waals surface area contributed by atoms with Gasteiger partial charge in [0.05, 0.1) is 22.1 Å². The van der Waals surface area contributed by atoms with Crippen LogP contribution in [0.3, 0.4) is 0 Å². The highest BCUT2D eigenvalue weighted by molar-refractivity contribution is 6.28. The Labute approximate surface area is 728 Å². The van der Waals surface area contributed by atoms with Gasteiger partial charge in [0.1, 0.15) is 0 Å². The topological polar surface area (TPSA) is 9.86 Å². The molecule has 2 heterocycles. The molecule has 0 aliphatic rings. The van der Waals surface area contributed by atoms with Gasteiger partial charge in [0, 0.05) is 32.9 Å². The maximum atomic E-state index is 2.41. The minimum absolute atomic E-state index is 1.16. The lowest BCUT2D eigenvalue weighted by Gasteiger charge is -2.12. The zero-order chi connectivity index (χ0) is 82.9. The van der Waals surface area contributed by atoms with Gasteiger partial charge < -0.3 is 9.13 Å². The van der Waals surface area contributed by atoms with Crippen molar-refractivity contribution in [2.75, 3.05) is 0 Å². The first-order valence-electron chi connectivity index (χ1n) is 43.7. The standard InChI is InChI=1S/C66H41N.C58H37N/c1-2-12-50(13-3-1)67-65-36-32-48(44-26-22-42(23-27-44)46-30-34-59-55-18-6-4-14-51(55)53-16-8-10-20-57(53)61(59)38-46)40-63(65)64-41-49(33-37-66(64)67)45-28-24-43(25-29-45)47-31-35-60-56-19-7-5-15-52(56)54-17-9-11-21-58(54)62(60)39-47;1-2-14-46(15-3-1)59-57-32-30-42(38-22-26-40(27-23-38)53-36-44-12-4-6-16-47(44)49-18-8-10-20-51(49)53)34-55(57)56-35-43(31-33-58(56)59)39-24-28-41(29-25-39)54-37-45-13-5-7-17-48(45)50-19-9-11-21-52(50)54/h1-41H;1-37H. The van der Waals surface area contributed by atoms with Gasteiger partial charge in [0.15, 0.2) is 0 Å². The summed E-state index contributed by atoms with van der Waals surface area (Å²) in [7, 11) is 0. The SMILES string of the molecule is c1ccc(-n2c3ccc(-c4ccc(-c5cc6ccccc6c6ccccc56)cc4)cc3c3cc(-c4ccc(-c5cc6ccccc6c6ccccc56)cc4)ccc32)cc1.c1ccc(-n2c3ccc(-c4ccc(-c5ccc6c7ccccc7c7ccccc7c6c5)cc4)cc3c3cc(-c4ccc(-c5ccc6c7ccccc7c7ccccc7c6c5)cc4)ccc32)cc1. The van der Waals surface area contributed by atoms with Crippen LogP contribution in [0.25, 0.3) is 252 Å². The van der Waals surface area contributed by atoms with E-state index < -0.39 is 0 Å². The zero-order valence-electron chi connectivity index (χ0n) is 68.9. The quantitative estimate of drug-likeness (QED) is 0.121. The summed E-state index contributed by atoms with van der Waals surface area (Å²) in [4.78, 5) is 0. The Morgan fingerprint density at radius 1 is 0.103 bits per heavy atom. The van der Waals surface area contributed by atoms with Crippen molar-refractivity contribution in [3.05, 3.63) is 473 Å². The molecule has 2 aromatic heterocycles. The van der Waals surface area contributed by atoms with Gasteiger partial charge in [0.25, 0.3) is 0 Å². The Morgan fingerprint density at radius 3 is 0.556 bits per heavy atom. The summed E-state index contributed by atoms with van der Waals surface area (Å²) in [6.45, 7) is 0. The van der Waals surface area contributed by atoms with E-state index in [9.17, 15) is 0 Å². The lowest BCUT2D eigenvalue weighted by Crippen LogP contribution is -1.93. The molecule has 0 bridgehead atoms. The fourth-order valence-corrected chi connectivity index (χ4v) is 20.6. The van der Waals surface area contributed by atoms with Crippen LogP contribution in [0.2, 0.25) is 0 Å². The van der Waals surface area contributed by atoms with Crippen molar-refractivity contribution in [2.45, 2.75) is 0 Å². The first kappa shape index (κ1) is 72.3. The summed E-state index contributed by atoms with van der Waals surface area (Å²) in [5, 5.41) is 30.8. The summed E-state index contributed by atoms with van der Waals surface area (Å²) >= 11 is 0. The maximum absolute atomic E-state index is 2.41. The predicted octanol–water partition coefficient (Wildman–Crippen LogP) is 34.4. The number of hydrogen-bond acceptors (Lipinski definition) is 0. The van der Waals surface area contributed by atoms with Crippen LogP contribution >= 0.6 is 0 Å². The Hall–Kier alpha value is -16.5. The van der Waals surface area contributed by atoms with Gasteiger partial charge in [-0.1, -0.05) is 376 Å². The summed E-state index contributed by atoms with van der Waals surface area (Å²) < 4.78 is 4.81. The first-order chi connectivity index (χ1) is 62.5. The average molecular weight is 1600 g/mol. The molecule has 2 heteroatoms. The van der Waals surface area contributed by atoms with Crippen molar-refractivity contribution in [3.8, 4) is 100 Å². The Balaban J connectivity index is 0.000000139. The molecule has 24 aromatic carbocycles. The van der Waals surface area contributed by atoms with Crippen molar-refractivity contribution < 1.29 is 0 Å². The number of benzene rings is 24. The second-order valence-corrected chi connectivity index (χ2v) is 33.7. The van der Waals surface area contributed by atoms with Gasteiger partial charge >= 0.3 is 0 Å². The number of para-hydroxylation sites is 2. The van der Waals surface area contributed by atoms with Crippen LogP contribution in [0, 0.1) is 0 Å². The highest BCUT2D eigenvalue weighted by Gasteiger charge is 2.21. The van der Waals surface area contributed by atoms with E-state index in [-0.39, 0.29) is 0 Å². The summed E-state index contributed by atoms with van der Waals surface area (Å²) in [6, 6.07) is 175. The molecule has 0 fully saturated rings. The van der Waals surface area contributed by atoms with Crippen LogP contribution in [-0.2, 0) is 0 Å². The van der Waals surface area contributed by atoms with E-state index in [1.54, 1.807) is 0 Å². The fraction of sp³-hybridized carbons (Fsp3) is 0. The molecular formula is C124H78N2. The van der Waals surface area contributed by atoms with Gasteiger partial charge in [-0.15, -0.1) is 0 Å². The third-order valence-electron chi connectivity index (χ3n) is 26.7. The third-order valence-corrected chi connectivity index (χ3v) is 26.7. The number of aromatic nitrogens is 2. The third kappa shape index (κ3) is 12.1. The van der Waals surface area contributed by atoms with Crippen LogP contribution in [0.4, 0.5) is 0 Å². The molecule has 0 amide bonds. The first-order valence-corrected chi connectivity index (χ1v) is 43.7. The Bertz CT molecular complexity index is 8350. The van der Waals surface area contributed by atoms with Crippen LogP contribution in [0.1, 0.15) is 0 Å². The lowest BCUT2D eigenvalue weighted by molar-refractivity contribution is 1.18. The van der Waals surface area contributed by atoms with Gasteiger partial charge in [0.2, 0.25) is 0 Å². The summed E-state index contributed by atoms with van der Waals surface area (Å²) in [5.41, 5.74) is 26.6. The van der Waals surface area contributed by atoms with E-state index in [0.29, 0.717) is 0 Å². The van der Waals surface area contributed by atoms with Crippen molar-refractivity contribution in [1.29, 1.82) is 0 Å². The molecule has 0 spiro atoms. The van der Waals surface area contributed by atoms with Gasteiger partial charge in [-0.2, -0.15) is 0 Å². The predicted molar refractivity (Wildman–Crippen MR) is 540 cm³/mol. The molecule has 0 unspecified atom stereocenters. The zero-order valence-corrected chi connectivity index (χ0v) is 68.9. The molecule has 0 N–H and O–H groups in total. The van der Waals surface area contributed by atoms with E-state index >= 15 is 0 Å². The number of hydrogen-bond donors (Lipinski definition) is 0. The molecule has 26 aromatic rings. The Kier molecular flexibility index (Phi) is 17.0. The molecule has 0 atom stereocenters. The summed E-state index contributed by atoms with van der Waals surface area (Å²) in [5.74, 6) is 0. The molecule has 2 nitrogen and oxygen atoms in total. The van der Waals surface area contributed by atoms with E-state index in [2.05, 4.69) is 482 Å². The van der Waals surface area contributed by atoms with Crippen molar-refractivity contribution in [3.63, 3.8) is 0 Å². The second kappa shape index (κ2) is 29.7. The summed E-state index contributed by atoms with van der Waals surface area (Å²) in [6.07, 6.45) is 0. The minimum Gasteiger partial charge on any atom is -0.309 e.